The van der Waals surface area contributed by atoms with Gasteiger partial charge in [0.25, 0.3) is 0 Å². The van der Waals surface area contributed by atoms with Crippen LogP contribution in [0.5, 0.6) is 0 Å². The van der Waals surface area contributed by atoms with Crippen molar-refractivity contribution < 1.29 is 4.39 Å². The van der Waals surface area contributed by atoms with Crippen LogP contribution in [0.1, 0.15) is 23.5 Å². The number of halogens is 1. The molecule has 1 N–H and O–H groups in total. The maximum atomic E-state index is 13.8. The SMILES string of the molecule is Cc1nc(CNC2CC2)sc1-c1ccccc1F. The highest BCUT2D eigenvalue weighted by molar-refractivity contribution is 7.15. The molecule has 0 atom stereocenters. The van der Waals surface area contributed by atoms with Crippen molar-refractivity contribution in [2.75, 3.05) is 0 Å². The van der Waals surface area contributed by atoms with Crippen LogP contribution >= 0.6 is 11.3 Å². The number of rotatable bonds is 4. The number of hydrogen-bond donors (Lipinski definition) is 1. The van der Waals surface area contributed by atoms with Crippen molar-refractivity contribution in [3.63, 3.8) is 0 Å². The Morgan fingerprint density at radius 2 is 2.17 bits per heavy atom. The number of aromatic nitrogens is 1. The van der Waals surface area contributed by atoms with Crippen LogP contribution in [0, 0.1) is 12.7 Å². The zero-order valence-electron chi connectivity index (χ0n) is 10.2. The van der Waals surface area contributed by atoms with Crippen molar-refractivity contribution in [2.24, 2.45) is 0 Å². The van der Waals surface area contributed by atoms with Crippen LogP contribution in [0.4, 0.5) is 4.39 Å². The zero-order valence-corrected chi connectivity index (χ0v) is 11.1. The Morgan fingerprint density at radius 3 is 2.89 bits per heavy atom. The molecule has 1 saturated carbocycles. The summed E-state index contributed by atoms with van der Waals surface area (Å²) < 4.78 is 13.8. The molecule has 2 aromatic rings. The van der Waals surface area contributed by atoms with E-state index >= 15 is 0 Å². The molecular formula is C14H15FN2S. The van der Waals surface area contributed by atoms with Crippen LogP contribution < -0.4 is 5.32 Å². The van der Waals surface area contributed by atoms with Crippen LogP contribution in [0.2, 0.25) is 0 Å². The van der Waals surface area contributed by atoms with E-state index in [0.717, 1.165) is 22.1 Å². The standard InChI is InChI=1S/C14H15FN2S/c1-9-14(11-4-2-3-5-12(11)15)18-13(17-9)8-16-10-6-7-10/h2-5,10,16H,6-8H2,1H3. The van der Waals surface area contributed by atoms with Crippen molar-refractivity contribution in [3.05, 3.63) is 40.8 Å². The molecule has 2 nitrogen and oxygen atoms in total. The first-order valence-electron chi connectivity index (χ1n) is 6.18. The molecule has 0 radical (unpaired) electrons. The highest BCUT2D eigenvalue weighted by Crippen LogP contribution is 2.32. The quantitative estimate of drug-likeness (QED) is 0.912. The van der Waals surface area contributed by atoms with Gasteiger partial charge in [0.1, 0.15) is 10.8 Å². The molecule has 1 aliphatic carbocycles. The smallest absolute Gasteiger partial charge is 0.131 e. The molecule has 1 aromatic heterocycles. The van der Waals surface area contributed by atoms with Gasteiger partial charge in [0.15, 0.2) is 0 Å². The Balaban J connectivity index is 1.85. The summed E-state index contributed by atoms with van der Waals surface area (Å²) in [6, 6.07) is 7.56. The van der Waals surface area contributed by atoms with Gasteiger partial charge in [-0.3, -0.25) is 0 Å². The molecule has 18 heavy (non-hydrogen) atoms. The Labute approximate surface area is 110 Å². The van der Waals surface area contributed by atoms with Gasteiger partial charge in [-0.05, 0) is 25.8 Å². The molecule has 0 unspecified atom stereocenters. The highest BCUT2D eigenvalue weighted by Gasteiger charge is 2.21. The molecule has 94 valence electrons. The van der Waals surface area contributed by atoms with Crippen LogP contribution in [0.25, 0.3) is 10.4 Å². The van der Waals surface area contributed by atoms with Crippen LogP contribution in [0.15, 0.2) is 24.3 Å². The summed E-state index contributed by atoms with van der Waals surface area (Å²) >= 11 is 1.58. The van der Waals surface area contributed by atoms with Crippen molar-refractivity contribution in [1.29, 1.82) is 0 Å². The summed E-state index contributed by atoms with van der Waals surface area (Å²) in [6.07, 6.45) is 2.54. The van der Waals surface area contributed by atoms with Gasteiger partial charge in [-0.25, -0.2) is 9.37 Å². The van der Waals surface area contributed by atoms with E-state index in [1.165, 1.54) is 18.9 Å². The fourth-order valence-corrected chi connectivity index (χ4v) is 2.98. The number of thiazole rings is 1. The summed E-state index contributed by atoms with van der Waals surface area (Å²) in [7, 11) is 0. The van der Waals surface area contributed by atoms with Crippen LogP contribution in [-0.4, -0.2) is 11.0 Å². The first kappa shape index (κ1) is 11.8. The van der Waals surface area contributed by atoms with E-state index in [-0.39, 0.29) is 5.82 Å². The summed E-state index contributed by atoms with van der Waals surface area (Å²) in [5.41, 5.74) is 1.57. The minimum Gasteiger partial charge on any atom is -0.308 e. The Hall–Kier alpha value is -1.26. The van der Waals surface area contributed by atoms with Gasteiger partial charge in [-0.2, -0.15) is 0 Å². The second kappa shape index (κ2) is 4.78. The third-order valence-electron chi connectivity index (χ3n) is 3.08. The molecule has 1 heterocycles. The summed E-state index contributed by atoms with van der Waals surface area (Å²) in [5.74, 6) is -0.175. The lowest BCUT2D eigenvalue weighted by molar-refractivity contribution is 0.631. The van der Waals surface area contributed by atoms with E-state index in [0.29, 0.717) is 11.6 Å². The maximum absolute atomic E-state index is 13.8. The number of hydrogen-bond acceptors (Lipinski definition) is 3. The lowest BCUT2D eigenvalue weighted by Gasteiger charge is -1.99. The van der Waals surface area contributed by atoms with Gasteiger partial charge < -0.3 is 5.32 Å². The molecule has 0 bridgehead atoms. The average Bonchev–Trinajstić information content (AvgIpc) is 3.11. The fraction of sp³-hybridized carbons (Fsp3) is 0.357. The molecule has 0 spiro atoms. The van der Waals surface area contributed by atoms with E-state index in [1.54, 1.807) is 17.4 Å². The number of benzene rings is 1. The second-order valence-corrected chi connectivity index (χ2v) is 5.74. The molecule has 1 aromatic carbocycles. The molecule has 0 amide bonds. The van der Waals surface area contributed by atoms with Gasteiger partial charge in [0.2, 0.25) is 0 Å². The lowest BCUT2D eigenvalue weighted by atomic mass is 10.1. The van der Waals surface area contributed by atoms with Gasteiger partial charge in [-0.15, -0.1) is 11.3 Å². The van der Waals surface area contributed by atoms with Crippen LogP contribution in [0.3, 0.4) is 0 Å². The third-order valence-corrected chi connectivity index (χ3v) is 4.27. The molecular weight excluding hydrogens is 247 g/mol. The average molecular weight is 262 g/mol. The van der Waals surface area contributed by atoms with Crippen molar-refractivity contribution in [1.82, 2.24) is 10.3 Å². The Kier molecular flexibility index (Phi) is 3.14. The van der Waals surface area contributed by atoms with Crippen molar-refractivity contribution >= 4 is 11.3 Å². The Morgan fingerprint density at radius 1 is 1.39 bits per heavy atom. The van der Waals surface area contributed by atoms with E-state index < -0.39 is 0 Å². The summed E-state index contributed by atoms with van der Waals surface area (Å²) in [6.45, 7) is 2.74. The van der Waals surface area contributed by atoms with Crippen molar-refractivity contribution in [2.45, 2.75) is 32.4 Å². The predicted molar refractivity (Wildman–Crippen MR) is 72.1 cm³/mol. The molecule has 1 aliphatic rings. The normalized spacial score (nSPS) is 15.0. The predicted octanol–water partition coefficient (Wildman–Crippen LogP) is 3.51. The lowest BCUT2D eigenvalue weighted by Crippen LogP contribution is -2.14. The minimum absolute atomic E-state index is 0.175. The molecule has 0 aliphatic heterocycles. The molecule has 0 saturated heterocycles. The summed E-state index contributed by atoms with van der Waals surface area (Å²) in [5, 5.41) is 4.47. The van der Waals surface area contributed by atoms with E-state index in [9.17, 15) is 4.39 Å². The molecule has 3 rings (SSSR count). The number of aryl methyl sites for hydroxylation is 1. The molecule has 1 fully saturated rings. The summed E-state index contributed by atoms with van der Waals surface area (Å²) in [4.78, 5) is 5.46. The molecule has 4 heteroatoms. The van der Waals surface area contributed by atoms with Gasteiger partial charge in [0.05, 0.1) is 10.6 Å². The maximum Gasteiger partial charge on any atom is 0.131 e. The largest absolute Gasteiger partial charge is 0.308 e. The third kappa shape index (κ3) is 2.44. The minimum atomic E-state index is -0.175. The van der Waals surface area contributed by atoms with Gasteiger partial charge in [0, 0.05) is 18.2 Å². The van der Waals surface area contributed by atoms with E-state index in [1.807, 2.05) is 19.1 Å². The topological polar surface area (TPSA) is 24.9 Å². The monoisotopic (exact) mass is 262 g/mol. The van der Waals surface area contributed by atoms with Gasteiger partial charge in [-0.1, -0.05) is 18.2 Å². The second-order valence-electron chi connectivity index (χ2n) is 4.66. The van der Waals surface area contributed by atoms with Crippen LogP contribution in [-0.2, 0) is 6.54 Å². The zero-order chi connectivity index (χ0) is 12.5. The Bertz CT molecular complexity index is 561. The van der Waals surface area contributed by atoms with E-state index in [2.05, 4.69) is 10.3 Å². The van der Waals surface area contributed by atoms with Crippen molar-refractivity contribution in [3.8, 4) is 10.4 Å². The number of nitrogens with one attached hydrogen (secondary N) is 1. The van der Waals surface area contributed by atoms with Gasteiger partial charge >= 0.3 is 0 Å². The fourth-order valence-electron chi connectivity index (χ4n) is 1.94. The highest BCUT2D eigenvalue weighted by atomic mass is 32.1. The number of nitrogens with zero attached hydrogens (tertiary/aromatic N) is 1. The van der Waals surface area contributed by atoms with E-state index in [4.69, 9.17) is 0 Å². The first-order valence-corrected chi connectivity index (χ1v) is 7.00. The first-order chi connectivity index (χ1) is 8.74.